The minimum absolute atomic E-state index is 0.0123. The first-order valence-electron chi connectivity index (χ1n) is 7.07. The summed E-state index contributed by atoms with van der Waals surface area (Å²) >= 11 is 1.54. The van der Waals surface area contributed by atoms with E-state index in [-0.39, 0.29) is 5.56 Å². The van der Waals surface area contributed by atoms with E-state index in [1.165, 1.54) is 0 Å². The molecule has 0 saturated heterocycles. The fraction of sp³-hybridized carbons (Fsp3) is 0.250. The molecule has 0 unspecified atom stereocenters. The van der Waals surface area contributed by atoms with Crippen LogP contribution >= 0.6 is 11.3 Å². The summed E-state index contributed by atoms with van der Waals surface area (Å²) in [6.07, 6.45) is 2.34. The van der Waals surface area contributed by atoms with Crippen molar-refractivity contribution in [1.29, 1.82) is 0 Å². The van der Waals surface area contributed by atoms with Crippen LogP contribution in [0.2, 0.25) is 0 Å². The fourth-order valence-corrected chi connectivity index (χ4v) is 3.11. The van der Waals surface area contributed by atoms with E-state index in [0.29, 0.717) is 24.2 Å². The lowest BCUT2D eigenvalue weighted by Crippen LogP contribution is -2.21. The van der Waals surface area contributed by atoms with E-state index in [9.17, 15) is 4.79 Å². The molecule has 1 aromatic carbocycles. The van der Waals surface area contributed by atoms with Crippen LogP contribution in [0.1, 0.15) is 11.3 Å². The van der Waals surface area contributed by atoms with E-state index in [1.54, 1.807) is 28.3 Å². The topological polar surface area (TPSA) is 70.1 Å². The van der Waals surface area contributed by atoms with Gasteiger partial charge in [0.15, 0.2) is 0 Å². The van der Waals surface area contributed by atoms with Crippen LogP contribution in [-0.4, -0.2) is 16.2 Å². The number of anilines is 1. The van der Waals surface area contributed by atoms with Crippen LogP contribution in [0.25, 0.3) is 10.2 Å². The molecule has 6 heteroatoms. The number of nitrogen functional groups attached to an aromatic ring is 1. The molecular weight excluding hydrogens is 298 g/mol. The van der Waals surface area contributed by atoms with Gasteiger partial charge in [-0.2, -0.15) is 0 Å². The summed E-state index contributed by atoms with van der Waals surface area (Å²) < 4.78 is 7.26. The minimum Gasteiger partial charge on any atom is -0.493 e. The second kappa shape index (κ2) is 6.19. The molecule has 3 rings (SSSR count). The van der Waals surface area contributed by atoms with Gasteiger partial charge in [0.1, 0.15) is 10.6 Å². The van der Waals surface area contributed by atoms with Crippen LogP contribution < -0.4 is 16.0 Å². The molecule has 0 fully saturated rings. The predicted octanol–water partition coefficient (Wildman–Crippen LogP) is 2.82. The van der Waals surface area contributed by atoms with Crippen molar-refractivity contribution >= 4 is 27.2 Å². The maximum atomic E-state index is 12.3. The molecule has 0 aliphatic rings. The Balaban J connectivity index is 1.62. The van der Waals surface area contributed by atoms with Gasteiger partial charge in [-0.05, 0) is 31.5 Å². The molecule has 2 aromatic heterocycles. The summed E-state index contributed by atoms with van der Waals surface area (Å²) in [6, 6.07) is 9.22. The Hall–Kier alpha value is -2.34. The van der Waals surface area contributed by atoms with Gasteiger partial charge in [0.05, 0.1) is 18.3 Å². The fourth-order valence-electron chi connectivity index (χ4n) is 2.27. The molecule has 0 bridgehead atoms. The molecule has 0 aliphatic carbocycles. The van der Waals surface area contributed by atoms with Crippen molar-refractivity contribution in [2.24, 2.45) is 0 Å². The third kappa shape index (κ3) is 3.12. The number of aromatic nitrogens is 2. The number of benzene rings is 1. The molecule has 22 heavy (non-hydrogen) atoms. The zero-order valence-electron chi connectivity index (χ0n) is 12.3. The van der Waals surface area contributed by atoms with Crippen molar-refractivity contribution in [3.63, 3.8) is 0 Å². The Bertz CT molecular complexity index is 854. The van der Waals surface area contributed by atoms with Gasteiger partial charge in [-0.25, -0.2) is 4.98 Å². The molecule has 3 aromatic rings. The van der Waals surface area contributed by atoms with Crippen molar-refractivity contribution < 1.29 is 4.74 Å². The van der Waals surface area contributed by atoms with E-state index in [2.05, 4.69) is 4.98 Å². The summed E-state index contributed by atoms with van der Waals surface area (Å²) in [7, 11) is 0. The number of hydrogen-bond acceptors (Lipinski definition) is 5. The van der Waals surface area contributed by atoms with Crippen LogP contribution in [0.3, 0.4) is 0 Å². The molecule has 5 nitrogen and oxygen atoms in total. The van der Waals surface area contributed by atoms with E-state index in [0.717, 1.165) is 21.9 Å². The highest BCUT2D eigenvalue weighted by molar-refractivity contribution is 7.18. The Morgan fingerprint density at radius 3 is 3.05 bits per heavy atom. The van der Waals surface area contributed by atoms with Gasteiger partial charge in [0.2, 0.25) is 0 Å². The second-order valence-corrected chi connectivity index (χ2v) is 6.33. The molecule has 0 saturated carbocycles. The lowest BCUT2D eigenvalue weighted by atomic mass is 10.3. The highest BCUT2D eigenvalue weighted by Gasteiger charge is 2.07. The number of nitrogens with two attached hydrogens (primary N) is 1. The minimum atomic E-state index is 0.0123. The normalized spacial score (nSPS) is 11.0. The molecular formula is C16H17N3O2S. The van der Waals surface area contributed by atoms with Gasteiger partial charge in [-0.3, -0.25) is 9.36 Å². The summed E-state index contributed by atoms with van der Waals surface area (Å²) in [5, 5.41) is 0.696. The van der Waals surface area contributed by atoms with E-state index in [4.69, 9.17) is 10.5 Å². The first-order valence-corrected chi connectivity index (χ1v) is 7.89. The van der Waals surface area contributed by atoms with Crippen molar-refractivity contribution in [3.05, 3.63) is 51.9 Å². The van der Waals surface area contributed by atoms with Gasteiger partial charge in [0.25, 0.3) is 5.56 Å². The first kappa shape index (κ1) is 14.6. The Morgan fingerprint density at radius 2 is 2.23 bits per heavy atom. The Morgan fingerprint density at radius 1 is 1.36 bits per heavy atom. The largest absolute Gasteiger partial charge is 0.493 e. The summed E-state index contributed by atoms with van der Waals surface area (Å²) in [6.45, 7) is 3.09. The third-order valence-electron chi connectivity index (χ3n) is 3.31. The number of thiophene rings is 1. The van der Waals surface area contributed by atoms with Crippen molar-refractivity contribution in [2.75, 3.05) is 12.3 Å². The molecule has 0 amide bonds. The number of fused-ring (bicyclic) bond motifs is 1. The number of hydrogen-bond donors (Lipinski definition) is 1. The van der Waals surface area contributed by atoms with E-state index in [1.807, 2.05) is 31.2 Å². The maximum Gasteiger partial charge on any atom is 0.262 e. The smallest absolute Gasteiger partial charge is 0.262 e. The molecule has 0 aliphatic heterocycles. The second-order valence-electron chi connectivity index (χ2n) is 5.09. The number of rotatable bonds is 5. The molecule has 0 radical (unpaired) electrons. The van der Waals surface area contributed by atoms with E-state index < -0.39 is 0 Å². The highest BCUT2D eigenvalue weighted by Crippen LogP contribution is 2.19. The van der Waals surface area contributed by atoms with Crippen molar-refractivity contribution in [1.82, 2.24) is 9.55 Å². The van der Waals surface area contributed by atoms with Gasteiger partial charge in [-0.15, -0.1) is 11.3 Å². The van der Waals surface area contributed by atoms with Crippen LogP contribution in [0.15, 0.2) is 41.5 Å². The highest BCUT2D eigenvalue weighted by atomic mass is 32.1. The van der Waals surface area contributed by atoms with Crippen LogP contribution in [0, 0.1) is 6.92 Å². The SMILES string of the molecule is Cc1cc2c(=O)n(CCCOc3cccc(N)c3)cnc2s1. The van der Waals surface area contributed by atoms with Crippen molar-refractivity contribution in [2.45, 2.75) is 19.9 Å². The summed E-state index contributed by atoms with van der Waals surface area (Å²) in [5.74, 6) is 0.745. The van der Waals surface area contributed by atoms with Crippen LogP contribution in [0.5, 0.6) is 5.75 Å². The molecule has 0 spiro atoms. The number of ether oxygens (including phenoxy) is 1. The average molecular weight is 315 g/mol. The Labute approximate surface area is 132 Å². The average Bonchev–Trinajstić information content (AvgIpc) is 2.87. The molecule has 2 heterocycles. The number of aryl methyl sites for hydroxylation is 2. The van der Waals surface area contributed by atoms with Gasteiger partial charge < -0.3 is 10.5 Å². The van der Waals surface area contributed by atoms with Gasteiger partial charge in [0, 0.05) is 23.2 Å². The molecule has 2 N–H and O–H groups in total. The van der Waals surface area contributed by atoms with E-state index >= 15 is 0 Å². The van der Waals surface area contributed by atoms with Crippen LogP contribution in [-0.2, 0) is 6.54 Å². The quantitative estimate of drug-likeness (QED) is 0.580. The summed E-state index contributed by atoms with van der Waals surface area (Å²) in [5.41, 5.74) is 6.39. The first-order chi connectivity index (χ1) is 10.6. The number of nitrogens with zero attached hydrogens (tertiary/aromatic N) is 2. The molecule has 0 atom stereocenters. The maximum absolute atomic E-state index is 12.3. The monoisotopic (exact) mass is 315 g/mol. The predicted molar refractivity (Wildman–Crippen MR) is 89.6 cm³/mol. The van der Waals surface area contributed by atoms with Crippen LogP contribution in [0.4, 0.5) is 5.69 Å². The lowest BCUT2D eigenvalue weighted by molar-refractivity contribution is 0.301. The zero-order chi connectivity index (χ0) is 15.5. The Kier molecular flexibility index (Phi) is 4.11. The standard InChI is InChI=1S/C16H17N3O2S/c1-11-8-14-15(22-11)18-10-19(16(14)20)6-3-7-21-13-5-2-4-12(17)9-13/h2,4-5,8-10H,3,6-7,17H2,1H3. The molecule has 114 valence electrons. The third-order valence-corrected chi connectivity index (χ3v) is 4.27. The summed E-state index contributed by atoms with van der Waals surface area (Å²) in [4.78, 5) is 18.6. The zero-order valence-corrected chi connectivity index (χ0v) is 13.1. The van der Waals surface area contributed by atoms with Gasteiger partial charge >= 0.3 is 0 Å². The lowest BCUT2D eigenvalue weighted by Gasteiger charge is -2.08. The van der Waals surface area contributed by atoms with Crippen molar-refractivity contribution in [3.8, 4) is 5.75 Å². The van der Waals surface area contributed by atoms with Gasteiger partial charge in [-0.1, -0.05) is 6.07 Å².